The average molecular weight is 168 g/mol. The Morgan fingerprint density at radius 1 is 1.27 bits per heavy atom. The molecular weight excluding hydrogens is 153 g/mol. The van der Waals surface area contributed by atoms with Crippen molar-refractivity contribution in [2.24, 2.45) is 5.92 Å². The van der Waals surface area contributed by atoms with Gasteiger partial charge in [-0.05, 0) is 12.3 Å². The lowest BCUT2D eigenvalue weighted by Gasteiger charge is -2.09. The SMILES string of the molecule is CCC(C)CCCC(F)(F)F. The van der Waals surface area contributed by atoms with Gasteiger partial charge in [0.15, 0.2) is 0 Å². The number of rotatable bonds is 4. The Bertz CT molecular complexity index is 96.0. The minimum Gasteiger partial charge on any atom is -0.171 e. The van der Waals surface area contributed by atoms with Crippen LogP contribution >= 0.6 is 0 Å². The van der Waals surface area contributed by atoms with Crippen LogP contribution in [0.4, 0.5) is 13.2 Å². The minimum atomic E-state index is -3.96. The monoisotopic (exact) mass is 168 g/mol. The normalized spacial score (nSPS) is 15.0. The first kappa shape index (κ1) is 10.8. The molecule has 0 radical (unpaired) electrons. The first-order chi connectivity index (χ1) is 4.95. The number of hydrogen-bond donors (Lipinski definition) is 0. The van der Waals surface area contributed by atoms with Gasteiger partial charge in [-0.3, -0.25) is 0 Å². The van der Waals surface area contributed by atoms with Crippen LogP contribution in [0.25, 0.3) is 0 Å². The van der Waals surface area contributed by atoms with Crippen molar-refractivity contribution in [3.8, 4) is 0 Å². The van der Waals surface area contributed by atoms with Crippen molar-refractivity contribution >= 4 is 0 Å². The molecule has 1 atom stereocenters. The van der Waals surface area contributed by atoms with Gasteiger partial charge in [-0.15, -0.1) is 0 Å². The first-order valence-corrected chi connectivity index (χ1v) is 4.02. The summed E-state index contributed by atoms with van der Waals surface area (Å²) in [6.45, 7) is 3.98. The molecule has 0 aromatic carbocycles. The van der Waals surface area contributed by atoms with Gasteiger partial charge in [0.25, 0.3) is 0 Å². The molecular formula is C8H15F3. The lowest BCUT2D eigenvalue weighted by Crippen LogP contribution is -2.07. The minimum absolute atomic E-state index is 0.276. The Labute approximate surface area is 65.8 Å². The molecule has 0 rings (SSSR count). The van der Waals surface area contributed by atoms with Gasteiger partial charge in [-0.2, -0.15) is 13.2 Å². The molecule has 0 saturated heterocycles. The lowest BCUT2D eigenvalue weighted by atomic mass is 10.0. The first-order valence-electron chi connectivity index (χ1n) is 4.02. The van der Waals surface area contributed by atoms with Crippen LogP contribution < -0.4 is 0 Å². The molecule has 0 bridgehead atoms. The fourth-order valence-electron chi connectivity index (χ4n) is 0.855. The van der Waals surface area contributed by atoms with Gasteiger partial charge < -0.3 is 0 Å². The van der Waals surface area contributed by atoms with Crippen LogP contribution in [0, 0.1) is 5.92 Å². The molecule has 0 N–H and O–H groups in total. The molecule has 11 heavy (non-hydrogen) atoms. The van der Waals surface area contributed by atoms with Crippen LogP contribution in [-0.4, -0.2) is 6.18 Å². The van der Waals surface area contributed by atoms with Crippen molar-refractivity contribution in [3.05, 3.63) is 0 Å². The predicted molar refractivity (Wildman–Crippen MR) is 39.4 cm³/mol. The maximum atomic E-state index is 11.6. The van der Waals surface area contributed by atoms with E-state index in [0.717, 1.165) is 6.42 Å². The molecule has 1 unspecified atom stereocenters. The molecule has 0 aromatic rings. The maximum Gasteiger partial charge on any atom is 0.389 e. The van der Waals surface area contributed by atoms with E-state index in [4.69, 9.17) is 0 Å². The van der Waals surface area contributed by atoms with E-state index in [-0.39, 0.29) is 6.42 Å². The molecule has 3 heteroatoms. The molecule has 0 aromatic heterocycles. The molecule has 0 aliphatic rings. The Balaban J connectivity index is 3.28. The summed E-state index contributed by atoms with van der Waals surface area (Å²) in [5, 5.41) is 0. The zero-order valence-electron chi connectivity index (χ0n) is 7.04. The second kappa shape index (κ2) is 4.62. The van der Waals surface area contributed by atoms with Gasteiger partial charge >= 0.3 is 6.18 Å². The summed E-state index contributed by atoms with van der Waals surface area (Å²) in [4.78, 5) is 0. The highest BCUT2D eigenvalue weighted by Crippen LogP contribution is 2.24. The third-order valence-electron chi connectivity index (χ3n) is 1.85. The summed E-state index contributed by atoms with van der Waals surface area (Å²) < 4.78 is 34.8. The van der Waals surface area contributed by atoms with E-state index < -0.39 is 12.6 Å². The quantitative estimate of drug-likeness (QED) is 0.599. The number of halogens is 3. The molecule has 0 nitrogen and oxygen atoms in total. The van der Waals surface area contributed by atoms with Crippen molar-refractivity contribution < 1.29 is 13.2 Å². The highest BCUT2D eigenvalue weighted by Gasteiger charge is 2.26. The van der Waals surface area contributed by atoms with Crippen LogP contribution in [-0.2, 0) is 0 Å². The summed E-state index contributed by atoms with van der Waals surface area (Å²) in [6.07, 6.45) is -2.66. The second-order valence-electron chi connectivity index (χ2n) is 3.02. The van der Waals surface area contributed by atoms with Gasteiger partial charge in [0.05, 0.1) is 0 Å². The molecule has 0 saturated carbocycles. The molecule has 0 heterocycles. The zero-order valence-corrected chi connectivity index (χ0v) is 7.04. The summed E-state index contributed by atoms with van der Waals surface area (Å²) >= 11 is 0. The van der Waals surface area contributed by atoms with E-state index in [1.165, 1.54) is 0 Å². The van der Waals surface area contributed by atoms with Crippen LogP contribution in [0.5, 0.6) is 0 Å². The smallest absolute Gasteiger partial charge is 0.171 e. The Morgan fingerprint density at radius 2 is 1.82 bits per heavy atom. The third kappa shape index (κ3) is 7.69. The largest absolute Gasteiger partial charge is 0.389 e. The maximum absolute atomic E-state index is 11.6. The van der Waals surface area contributed by atoms with Crippen molar-refractivity contribution in [2.45, 2.75) is 45.7 Å². The van der Waals surface area contributed by atoms with Crippen LogP contribution in [0.15, 0.2) is 0 Å². The van der Waals surface area contributed by atoms with Gasteiger partial charge in [-0.1, -0.05) is 26.7 Å². The Morgan fingerprint density at radius 3 is 2.18 bits per heavy atom. The van der Waals surface area contributed by atoms with Gasteiger partial charge in [0.1, 0.15) is 0 Å². The standard InChI is InChI=1S/C8H15F3/c1-3-7(2)5-4-6-8(9,10)11/h7H,3-6H2,1-2H3. The zero-order chi connectivity index (χ0) is 8.91. The molecule has 0 spiro atoms. The van der Waals surface area contributed by atoms with E-state index in [2.05, 4.69) is 0 Å². The highest BCUT2D eigenvalue weighted by molar-refractivity contribution is 4.54. The van der Waals surface area contributed by atoms with Crippen molar-refractivity contribution in [1.29, 1.82) is 0 Å². The summed E-state index contributed by atoms with van der Waals surface area (Å²) in [5.41, 5.74) is 0. The van der Waals surface area contributed by atoms with Crippen LogP contribution in [0.3, 0.4) is 0 Å². The predicted octanol–water partition coefficient (Wildman–Crippen LogP) is 3.77. The Hall–Kier alpha value is -0.210. The van der Waals surface area contributed by atoms with Crippen LogP contribution in [0.2, 0.25) is 0 Å². The number of hydrogen-bond acceptors (Lipinski definition) is 0. The van der Waals surface area contributed by atoms with Gasteiger partial charge in [0, 0.05) is 6.42 Å². The molecule has 0 fully saturated rings. The van der Waals surface area contributed by atoms with Crippen molar-refractivity contribution in [2.75, 3.05) is 0 Å². The molecule has 0 amide bonds. The summed E-state index contributed by atoms with van der Waals surface area (Å²) in [6, 6.07) is 0. The topological polar surface area (TPSA) is 0 Å². The van der Waals surface area contributed by atoms with Gasteiger partial charge in [-0.25, -0.2) is 0 Å². The summed E-state index contributed by atoms with van der Waals surface area (Å²) in [5.74, 6) is 0.428. The fourth-order valence-corrected chi connectivity index (χ4v) is 0.855. The van der Waals surface area contributed by atoms with E-state index in [1.54, 1.807) is 0 Å². The molecule has 0 aliphatic heterocycles. The van der Waals surface area contributed by atoms with E-state index in [9.17, 15) is 13.2 Å². The number of alkyl halides is 3. The molecule has 0 aliphatic carbocycles. The molecule has 68 valence electrons. The fraction of sp³-hybridized carbons (Fsp3) is 1.00. The Kier molecular flexibility index (Phi) is 4.54. The van der Waals surface area contributed by atoms with Crippen LogP contribution in [0.1, 0.15) is 39.5 Å². The average Bonchev–Trinajstić information content (AvgIpc) is 1.85. The highest BCUT2D eigenvalue weighted by atomic mass is 19.4. The summed E-state index contributed by atoms with van der Waals surface area (Å²) in [7, 11) is 0. The van der Waals surface area contributed by atoms with Crippen molar-refractivity contribution in [3.63, 3.8) is 0 Å². The van der Waals surface area contributed by atoms with E-state index >= 15 is 0 Å². The van der Waals surface area contributed by atoms with E-state index in [1.807, 2.05) is 13.8 Å². The third-order valence-corrected chi connectivity index (χ3v) is 1.85. The van der Waals surface area contributed by atoms with Crippen molar-refractivity contribution in [1.82, 2.24) is 0 Å². The second-order valence-corrected chi connectivity index (χ2v) is 3.02. The lowest BCUT2D eigenvalue weighted by molar-refractivity contribution is -0.136. The van der Waals surface area contributed by atoms with E-state index in [0.29, 0.717) is 12.3 Å². The van der Waals surface area contributed by atoms with Gasteiger partial charge in [0.2, 0.25) is 0 Å².